The van der Waals surface area contributed by atoms with Crippen LogP contribution in [-0.2, 0) is 0 Å². The predicted octanol–water partition coefficient (Wildman–Crippen LogP) is 13.3. The van der Waals surface area contributed by atoms with Crippen molar-refractivity contribution in [1.29, 1.82) is 0 Å². The van der Waals surface area contributed by atoms with Gasteiger partial charge in [0.1, 0.15) is 11.2 Å². The number of furan rings is 1. The third kappa shape index (κ3) is 4.58. The van der Waals surface area contributed by atoms with Gasteiger partial charge in [-0.05, 0) is 62.8 Å². The highest BCUT2D eigenvalue weighted by Gasteiger charge is 2.23. The Labute approximate surface area is 320 Å². The summed E-state index contributed by atoms with van der Waals surface area (Å²) in [4.78, 5) is 16.3. The molecule has 0 unspecified atom stereocenters. The molecule has 5 heteroatoms. The van der Waals surface area contributed by atoms with E-state index < -0.39 is 0 Å². The first kappa shape index (κ1) is 30.8. The topological polar surface area (TPSA) is 56.7 Å². The monoisotopic (exact) mass is 714 g/mol. The van der Waals surface area contributed by atoms with Gasteiger partial charge in [-0.1, -0.05) is 152 Å². The number of fused-ring (bicyclic) bond motifs is 10. The van der Waals surface area contributed by atoms with Gasteiger partial charge >= 0.3 is 0 Å². The minimum atomic E-state index is 0.551. The van der Waals surface area contributed by atoms with Gasteiger partial charge in [0.2, 0.25) is 5.95 Å². The van der Waals surface area contributed by atoms with Gasteiger partial charge in [-0.2, -0.15) is 9.97 Å². The maximum atomic E-state index is 6.55. The molecule has 0 fully saturated rings. The van der Waals surface area contributed by atoms with Crippen LogP contribution in [0.5, 0.6) is 0 Å². The summed E-state index contributed by atoms with van der Waals surface area (Å²) < 4.78 is 8.78. The molecular weight excluding hydrogens is 685 g/mol. The quantitative estimate of drug-likeness (QED) is 0.182. The van der Waals surface area contributed by atoms with Crippen LogP contribution in [0.1, 0.15) is 0 Å². The molecule has 12 aromatic rings. The molecule has 0 N–H and O–H groups in total. The standard InChI is InChI=1S/C51H30N4O/c1-2-15-33(16-3-1)46-36-19-8-6-13-31(36)26-28-41(46)50-52-49(40-22-12-24-44-47(40)42-29-34-17-4-5-18-35(34)30-45(42)56-44)53-51(54-50)55-43-23-11-10-21-38(43)39-27-25-32-14-7-9-20-37(32)48(39)55/h1-30H. The highest BCUT2D eigenvalue weighted by Crippen LogP contribution is 2.42. The molecule has 3 aromatic heterocycles. The Kier molecular flexibility index (Phi) is 6.56. The highest BCUT2D eigenvalue weighted by atomic mass is 16.3. The average molecular weight is 715 g/mol. The maximum Gasteiger partial charge on any atom is 0.238 e. The molecule has 0 saturated heterocycles. The lowest BCUT2D eigenvalue weighted by Gasteiger charge is -2.16. The van der Waals surface area contributed by atoms with Gasteiger partial charge in [0.15, 0.2) is 11.6 Å². The number of hydrogen-bond acceptors (Lipinski definition) is 4. The summed E-state index contributed by atoms with van der Waals surface area (Å²) in [5.41, 5.74) is 7.70. The average Bonchev–Trinajstić information content (AvgIpc) is 3.81. The van der Waals surface area contributed by atoms with Crippen LogP contribution < -0.4 is 0 Å². The van der Waals surface area contributed by atoms with Gasteiger partial charge in [0.25, 0.3) is 0 Å². The number of nitrogens with zero attached hydrogens (tertiary/aromatic N) is 4. The smallest absolute Gasteiger partial charge is 0.238 e. The highest BCUT2D eigenvalue weighted by molar-refractivity contribution is 6.19. The number of aromatic nitrogens is 4. The normalized spacial score (nSPS) is 11.9. The molecule has 0 atom stereocenters. The van der Waals surface area contributed by atoms with Crippen LogP contribution in [0.3, 0.4) is 0 Å². The second-order valence-electron chi connectivity index (χ2n) is 14.4. The van der Waals surface area contributed by atoms with Crippen molar-refractivity contribution in [3.63, 3.8) is 0 Å². The molecular formula is C51H30N4O. The number of hydrogen-bond donors (Lipinski definition) is 0. The molecule has 0 saturated carbocycles. The van der Waals surface area contributed by atoms with E-state index in [2.05, 4.69) is 174 Å². The van der Waals surface area contributed by atoms with E-state index in [9.17, 15) is 0 Å². The Morgan fingerprint density at radius 1 is 0.393 bits per heavy atom. The molecule has 0 amide bonds. The lowest BCUT2D eigenvalue weighted by Crippen LogP contribution is -2.07. The first-order valence-corrected chi connectivity index (χ1v) is 18.9. The summed E-state index contributed by atoms with van der Waals surface area (Å²) in [6, 6.07) is 63.8. The van der Waals surface area contributed by atoms with Crippen molar-refractivity contribution in [1.82, 2.24) is 19.5 Å². The molecule has 5 nitrogen and oxygen atoms in total. The van der Waals surface area contributed by atoms with Gasteiger partial charge < -0.3 is 4.42 Å². The third-order valence-corrected chi connectivity index (χ3v) is 11.2. The van der Waals surface area contributed by atoms with Crippen molar-refractivity contribution in [2.24, 2.45) is 0 Å². The van der Waals surface area contributed by atoms with Crippen molar-refractivity contribution in [2.75, 3.05) is 0 Å². The lowest BCUT2D eigenvalue weighted by molar-refractivity contribution is 0.669. The van der Waals surface area contributed by atoms with Gasteiger partial charge in [-0.25, -0.2) is 4.98 Å². The summed E-state index contributed by atoms with van der Waals surface area (Å²) in [5, 5.41) is 11.1. The zero-order valence-corrected chi connectivity index (χ0v) is 30.0. The van der Waals surface area contributed by atoms with Crippen molar-refractivity contribution < 1.29 is 4.42 Å². The summed E-state index contributed by atoms with van der Waals surface area (Å²) in [6.45, 7) is 0. The second-order valence-corrected chi connectivity index (χ2v) is 14.4. The van der Waals surface area contributed by atoms with E-state index in [1.165, 1.54) is 0 Å². The van der Waals surface area contributed by atoms with E-state index in [4.69, 9.17) is 19.4 Å². The molecule has 3 heterocycles. The van der Waals surface area contributed by atoms with E-state index >= 15 is 0 Å². The van der Waals surface area contributed by atoms with E-state index in [0.29, 0.717) is 17.6 Å². The Bertz CT molecular complexity index is 3540. The molecule has 0 aliphatic heterocycles. The van der Waals surface area contributed by atoms with Crippen molar-refractivity contribution in [3.8, 4) is 39.9 Å². The Morgan fingerprint density at radius 2 is 1.04 bits per heavy atom. The summed E-state index contributed by atoms with van der Waals surface area (Å²) in [6.07, 6.45) is 0. The van der Waals surface area contributed by atoms with E-state index in [0.717, 1.165) is 98.3 Å². The van der Waals surface area contributed by atoms with Crippen LogP contribution in [0.15, 0.2) is 186 Å². The number of benzene rings is 9. The lowest BCUT2D eigenvalue weighted by atomic mass is 9.93. The van der Waals surface area contributed by atoms with Gasteiger partial charge in [0.05, 0.1) is 11.0 Å². The molecule has 0 spiro atoms. The van der Waals surface area contributed by atoms with Crippen LogP contribution in [0.25, 0.3) is 116 Å². The molecule has 0 aliphatic rings. The molecule has 0 radical (unpaired) electrons. The third-order valence-electron chi connectivity index (χ3n) is 11.2. The fourth-order valence-corrected chi connectivity index (χ4v) is 8.72. The van der Waals surface area contributed by atoms with E-state index in [1.54, 1.807) is 0 Å². The fraction of sp³-hybridized carbons (Fsp3) is 0. The Morgan fingerprint density at radius 3 is 1.86 bits per heavy atom. The molecule has 0 aliphatic carbocycles. The van der Waals surface area contributed by atoms with Crippen molar-refractivity contribution in [2.45, 2.75) is 0 Å². The first-order chi connectivity index (χ1) is 27.8. The van der Waals surface area contributed by atoms with Crippen molar-refractivity contribution >= 4 is 76.1 Å². The Balaban J connectivity index is 1.23. The van der Waals surface area contributed by atoms with Gasteiger partial charge in [-0.3, -0.25) is 4.57 Å². The molecule has 9 aromatic carbocycles. The fourth-order valence-electron chi connectivity index (χ4n) is 8.72. The largest absolute Gasteiger partial charge is 0.456 e. The zero-order valence-electron chi connectivity index (χ0n) is 30.0. The van der Waals surface area contributed by atoms with Gasteiger partial charge in [-0.15, -0.1) is 0 Å². The van der Waals surface area contributed by atoms with Crippen LogP contribution in [0, 0.1) is 0 Å². The minimum absolute atomic E-state index is 0.551. The molecule has 260 valence electrons. The molecule has 56 heavy (non-hydrogen) atoms. The first-order valence-electron chi connectivity index (χ1n) is 18.9. The van der Waals surface area contributed by atoms with Crippen LogP contribution in [0.2, 0.25) is 0 Å². The van der Waals surface area contributed by atoms with Crippen LogP contribution in [-0.4, -0.2) is 19.5 Å². The van der Waals surface area contributed by atoms with E-state index in [-0.39, 0.29) is 0 Å². The summed E-state index contributed by atoms with van der Waals surface area (Å²) >= 11 is 0. The van der Waals surface area contributed by atoms with Gasteiger partial charge in [0, 0.05) is 43.6 Å². The SMILES string of the molecule is c1ccc(-c2c(-c3nc(-c4cccc5oc6cc7ccccc7cc6c45)nc(-n4c5ccccc5c5ccc6ccccc6c54)n3)ccc3ccccc23)cc1. The minimum Gasteiger partial charge on any atom is -0.456 e. The molecule has 0 bridgehead atoms. The van der Waals surface area contributed by atoms with Crippen molar-refractivity contribution in [3.05, 3.63) is 182 Å². The number of rotatable bonds is 4. The summed E-state index contributed by atoms with van der Waals surface area (Å²) in [5.74, 6) is 1.72. The van der Waals surface area contributed by atoms with Crippen LogP contribution in [0.4, 0.5) is 0 Å². The zero-order chi connectivity index (χ0) is 36.7. The summed E-state index contributed by atoms with van der Waals surface area (Å²) in [7, 11) is 0. The Hall–Kier alpha value is -7.63. The predicted molar refractivity (Wildman–Crippen MR) is 230 cm³/mol. The number of para-hydroxylation sites is 1. The molecule has 12 rings (SSSR count). The van der Waals surface area contributed by atoms with Crippen LogP contribution >= 0.6 is 0 Å². The second kappa shape index (κ2) is 11.9. The van der Waals surface area contributed by atoms with E-state index in [1.807, 2.05) is 12.1 Å². The maximum absolute atomic E-state index is 6.55.